The molecule has 5 rings (SSSR count). The lowest BCUT2D eigenvalue weighted by Gasteiger charge is -2.61. The highest BCUT2D eigenvalue weighted by Gasteiger charge is 2.60. The van der Waals surface area contributed by atoms with E-state index in [-0.39, 0.29) is 34.6 Å². The minimum Gasteiger partial charge on any atom is -0.355 e. The number of amides is 3. The molecular weight excluding hydrogens is 342 g/mol. The Kier molecular flexibility index (Phi) is 4.71. The molecule has 1 aliphatic heterocycles. The summed E-state index contributed by atoms with van der Waals surface area (Å²) in [5, 5.41) is 6.43. The van der Waals surface area contributed by atoms with E-state index in [0.29, 0.717) is 24.8 Å². The van der Waals surface area contributed by atoms with E-state index >= 15 is 0 Å². The third-order valence-corrected chi connectivity index (χ3v) is 7.30. The molecule has 4 aliphatic carbocycles. The maximum atomic E-state index is 13.2. The Labute approximate surface area is 161 Å². The second-order valence-electron chi connectivity index (χ2n) is 9.96. The fourth-order valence-corrected chi connectivity index (χ4v) is 6.84. The van der Waals surface area contributed by atoms with E-state index in [1.807, 2.05) is 4.90 Å². The number of hydrogen-bond donors (Lipinski definition) is 2. The van der Waals surface area contributed by atoms with Crippen LogP contribution in [0.2, 0.25) is 0 Å². The van der Waals surface area contributed by atoms with Gasteiger partial charge in [-0.25, -0.2) is 0 Å². The monoisotopic (exact) mass is 375 g/mol. The molecule has 1 saturated heterocycles. The maximum absolute atomic E-state index is 13.2. The molecule has 4 bridgehead atoms. The van der Waals surface area contributed by atoms with Crippen molar-refractivity contribution in [2.24, 2.45) is 23.2 Å². The molecule has 4 saturated carbocycles. The fraction of sp³-hybridized carbons (Fsp3) is 0.857. The highest BCUT2D eigenvalue weighted by atomic mass is 16.2. The average Bonchev–Trinajstić information content (AvgIpc) is 2.95. The summed E-state index contributed by atoms with van der Waals surface area (Å²) in [4.78, 5) is 38.7. The largest absolute Gasteiger partial charge is 0.355 e. The normalized spacial score (nSPS) is 38.1. The first kappa shape index (κ1) is 18.8. The molecule has 6 heteroatoms. The van der Waals surface area contributed by atoms with Gasteiger partial charge in [0.1, 0.15) is 0 Å². The van der Waals surface area contributed by atoms with Gasteiger partial charge in [-0.05, 0) is 62.7 Å². The Morgan fingerprint density at radius 3 is 2.52 bits per heavy atom. The summed E-state index contributed by atoms with van der Waals surface area (Å²) in [7, 11) is 0. The molecule has 2 N–H and O–H groups in total. The maximum Gasteiger partial charge on any atom is 0.226 e. The van der Waals surface area contributed by atoms with Crippen LogP contribution in [-0.4, -0.2) is 47.8 Å². The van der Waals surface area contributed by atoms with E-state index in [1.165, 1.54) is 6.42 Å². The highest BCUT2D eigenvalue weighted by Crippen LogP contribution is 2.61. The van der Waals surface area contributed by atoms with E-state index in [1.54, 1.807) is 6.92 Å². The Morgan fingerprint density at radius 2 is 1.93 bits per heavy atom. The van der Waals surface area contributed by atoms with Crippen molar-refractivity contribution in [2.75, 3.05) is 19.6 Å². The number of likely N-dealkylation sites (tertiary alicyclic amines) is 1. The number of carbonyl (C=O) groups excluding carboxylic acids is 3. The van der Waals surface area contributed by atoms with Crippen LogP contribution in [0.3, 0.4) is 0 Å². The van der Waals surface area contributed by atoms with Gasteiger partial charge in [0.05, 0.1) is 5.41 Å². The number of carbonyl (C=O) groups is 3. The molecule has 0 aromatic rings. The Hall–Kier alpha value is -1.59. The van der Waals surface area contributed by atoms with Crippen molar-refractivity contribution < 1.29 is 14.4 Å². The van der Waals surface area contributed by atoms with Crippen molar-refractivity contribution in [1.29, 1.82) is 0 Å². The molecule has 0 spiro atoms. The molecule has 0 aromatic heterocycles. The second kappa shape index (κ2) is 6.78. The van der Waals surface area contributed by atoms with E-state index in [2.05, 4.69) is 17.6 Å². The topological polar surface area (TPSA) is 78.5 Å². The third-order valence-electron chi connectivity index (χ3n) is 7.30. The molecule has 5 fully saturated rings. The summed E-state index contributed by atoms with van der Waals surface area (Å²) < 4.78 is 0. The van der Waals surface area contributed by atoms with Gasteiger partial charge in [-0.3, -0.25) is 14.4 Å². The summed E-state index contributed by atoms with van der Waals surface area (Å²) in [6.07, 6.45) is 7.62. The van der Waals surface area contributed by atoms with E-state index < -0.39 is 0 Å². The van der Waals surface area contributed by atoms with Gasteiger partial charge in [0, 0.05) is 38.5 Å². The second-order valence-corrected chi connectivity index (χ2v) is 9.96. The summed E-state index contributed by atoms with van der Waals surface area (Å²) in [6.45, 7) is 5.89. The van der Waals surface area contributed by atoms with Gasteiger partial charge in [-0.1, -0.05) is 6.92 Å². The highest BCUT2D eigenvalue weighted by molar-refractivity contribution is 5.84. The summed E-state index contributed by atoms with van der Waals surface area (Å²) in [6, 6.07) is 0. The zero-order valence-electron chi connectivity index (χ0n) is 16.7. The standard InChI is InChI=1S/C21H33N3O3/c1-14(12-24-5-3-4-18(24)26)11-22-19(27)20-7-16-6-17(8-20)10-21(9-16,13-20)23-15(2)25/h14,16-17H,3-13H2,1-2H3,(H,22,27)(H,23,25)/t14-,16-,17+,20?,21?/m0/s1. The predicted octanol–water partition coefficient (Wildman–Crippen LogP) is 1.84. The van der Waals surface area contributed by atoms with Gasteiger partial charge in [0.25, 0.3) is 0 Å². The van der Waals surface area contributed by atoms with Crippen molar-refractivity contribution >= 4 is 17.7 Å². The first-order valence-electron chi connectivity index (χ1n) is 10.6. The van der Waals surface area contributed by atoms with Gasteiger partial charge in [0.15, 0.2) is 0 Å². The van der Waals surface area contributed by atoms with Crippen LogP contribution in [0.15, 0.2) is 0 Å². The quantitative estimate of drug-likeness (QED) is 0.743. The van der Waals surface area contributed by atoms with Crippen LogP contribution in [0.25, 0.3) is 0 Å². The zero-order valence-corrected chi connectivity index (χ0v) is 16.7. The molecular formula is C21H33N3O3. The first-order valence-corrected chi connectivity index (χ1v) is 10.6. The molecule has 3 amide bonds. The molecule has 150 valence electrons. The Bertz CT molecular complexity index is 633. The lowest BCUT2D eigenvalue weighted by molar-refractivity contribution is -0.153. The minimum atomic E-state index is -0.310. The van der Waals surface area contributed by atoms with E-state index in [0.717, 1.165) is 51.6 Å². The minimum absolute atomic E-state index is 0.0245. The third kappa shape index (κ3) is 3.59. The molecule has 0 radical (unpaired) electrons. The Balaban J connectivity index is 1.38. The summed E-state index contributed by atoms with van der Waals surface area (Å²) >= 11 is 0. The summed E-state index contributed by atoms with van der Waals surface area (Å²) in [5.41, 5.74) is -0.476. The van der Waals surface area contributed by atoms with Crippen LogP contribution in [-0.2, 0) is 14.4 Å². The van der Waals surface area contributed by atoms with Crippen molar-refractivity contribution in [3.05, 3.63) is 0 Å². The fourth-order valence-electron chi connectivity index (χ4n) is 6.84. The predicted molar refractivity (Wildman–Crippen MR) is 102 cm³/mol. The zero-order chi connectivity index (χ0) is 19.2. The smallest absolute Gasteiger partial charge is 0.226 e. The van der Waals surface area contributed by atoms with Gasteiger partial charge in [0.2, 0.25) is 17.7 Å². The van der Waals surface area contributed by atoms with Crippen molar-refractivity contribution in [3.8, 4) is 0 Å². The van der Waals surface area contributed by atoms with Crippen LogP contribution < -0.4 is 10.6 Å². The number of rotatable bonds is 6. The van der Waals surface area contributed by atoms with Crippen LogP contribution >= 0.6 is 0 Å². The van der Waals surface area contributed by atoms with Crippen LogP contribution in [0.4, 0.5) is 0 Å². The van der Waals surface area contributed by atoms with E-state index in [4.69, 9.17) is 0 Å². The summed E-state index contributed by atoms with van der Waals surface area (Å²) in [5.74, 6) is 1.81. The van der Waals surface area contributed by atoms with Crippen molar-refractivity contribution in [1.82, 2.24) is 15.5 Å². The Morgan fingerprint density at radius 1 is 1.22 bits per heavy atom. The lowest BCUT2D eigenvalue weighted by atomic mass is 9.46. The SMILES string of the molecule is CC(=O)NC12C[C@H]3C[C@@H](C1)CC(C(=O)NC[C@H](C)CN1CCCC1=O)(C3)C2. The number of nitrogens with zero attached hydrogens (tertiary/aromatic N) is 1. The number of hydrogen-bond acceptors (Lipinski definition) is 3. The molecule has 5 aliphatic rings. The van der Waals surface area contributed by atoms with Crippen LogP contribution in [0.5, 0.6) is 0 Å². The molecule has 2 unspecified atom stereocenters. The van der Waals surface area contributed by atoms with Crippen LogP contribution in [0.1, 0.15) is 65.2 Å². The molecule has 1 heterocycles. The molecule has 5 atom stereocenters. The van der Waals surface area contributed by atoms with Gasteiger partial charge >= 0.3 is 0 Å². The lowest BCUT2D eigenvalue weighted by Crippen LogP contribution is -2.65. The number of nitrogens with one attached hydrogen (secondary N) is 2. The molecule has 27 heavy (non-hydrogen) atoms. The average molecular weight is 376 g/mol. The molecule has 6 nitrogen and oxygen atoms in total. The van der Waals surface area contributed by atoms with E-state index in [9.17, 15) is 14.4 Å². The first-order chi connectivity index (χ1) is 12.8. The van der Waals surface area contributed by atoms with Gasteiger partial charge in [-0.2, -0.15) is 0 Å². The van der Waals surface area contributed by atoms with Gasteiger partial charge < -0.3 is 15.5 Å². The van der Waals surface area contributed by atoms with Crippen LogP contribution in [0, 0.1) is 23.2 Å². The molecule has 0 aromatic carbocycles. The van der Waals surface area contributed by atoms with Crippen molar-refractivity contribution in [3.63, 3.8) is 0 Å². The van der Waals surface area contributed by atoms with Crippen molar-refractivity contribution in [2.45, 2.75) is 70.8 Å². The van der Waals surface area contributed by atoms with Gasteiger partial charge in [-0.15, -0.1) is 0 Å².